The second kappa shape index (κ2) is 6.43. The van der Waals surface area contributed by atoms with Crippen LogP contribution >= 0.6 is 0 Å². The van der Waals surface area contributed by atoms with Crippen molar-refractivity contribution < 1.29 is 39.5 Å². The lowest BCUT2D eigenvalue weighted by molar-refractivity contribution is -0.365. The van der Waals surface area contributed by atoms with E-state index in [0.717, 1.165) is 30.3 Å². The van der Waals surface area contributed by atoms with Crippen molar-refractivity contribution in [3.63, 3.8) is 0 Å². The van der Waals surface area contributed by atoms with Gasteiger partial charge in [0.2, 0.25) is 0 Å². The van der Waals surface area contributed by atoms with E-state index in [0.29, 0.717) is 18.2 Å². The molecule has 0 aromatic heterocycles. The maximum absolute atomic E-state index is 13.7. The molecule has 0 saturated heterocycles. The lowest BCUT2D eigenvalue weighted by Crippen LogP contribution is -2.62. The van der Waals surface area contributed by atoms with Crippen LogP contribution in [0.25, 0.3) is 0 Å². The van der Waals surface area contributed by atoms with Crippen LogP contribution in [0.4, 0.5) is 39.5 Å². The van der Waals surface area contributed by atoms with Crippen molar-refractivity contribution in [3.8, 4) is 12.1 Å². The molecule has 1 atom stereocenters. The number of nitrogens with zero attached hydrogens (tertiary/aromatic N) is 2. The number of hydrogen-bond acceptors (Lipinski definition) is 2. The normalized spacial score (nSPS) is 21.6. The Hall–Kier alpha value is -2.69. The average Bonchev–Trinajstić information content (AvgIpc) is 2.58. The van der Waals surface area contributed by atoms with Crippen LogP contribution in [-0.4, -0.2) is 12.4 Å². The van der Waals surface area contributed by atoms with Crippen LogP contribution in [0.1, 0.15) is 23.5 Å². The van der Waals surface area contributed by atoms with Crippen molar-refractivity contribution in [1.82, 2.24) is 0 Å². The van der Waals surface area contributed by atoms with Gasteiger partial charge in [-0.3, -0.25) is 0 Å². The molecule has 2 nitrogen and oxygen atoms in total. The van der Waals surface area contributed by atoms with E-state index in [1.54, 1.807) is 0 Å². The molecule has 11 heteroatoms. The van der Waals surface area contributed by atoms with Crippen molar-refractivity contribution >= 4 is 0 Å². The number of benzene rings is 1. The summed E-state index contributed by atoms with van der Waals surface area (Å²) in [7, 11) is 0. The molecule has 0 N–H and O–H groups in total. The van der Waals surface area contributed by atoms with E-state index < -0.39 is 52.8 Å². The fourth-order valence-electron chi connectivity index (χ4n) is 3.42. The molecule has 0 bridgehead atoms. The second-order valence-corrected chi connectivity index (χ2v) is 6.17. The molecular weight excluding hydrogens is 403 g/mol. The van der Waals surface area contributed by atoms with Gasteiger partial charge in [0, 0.05) is 5.92 Å². The maximum atomic E-state index is 13.7. The molecule has 1 unspecified atom stereocenters. The van der Waals surface area contributed by atoms with E-state index >= 15 is 0 Å². The lowest BCUT2D eigenvalue weighted by atomic mass is 9.52. The van der Waals surface area contributed by atoms with Crippen molar-refractivity contribution in [2.45, 2.75) is 30.9 Å². The van der Waals surface area contributed by atoms with Gasteiger partial charge in [0.05, 0.1) is 17.7 Å². The summed E-state index contributed by atoms with van der Waals surface area (Å²) in [4.78, 5) is 0. The lowest BCUT2D eigenvalue weighted by Gasteiger charge is -2.48. The Balaban J connectivity index is 2.86. The molecule has 0 spiro atoms. The molecule has 0 radical (unpaired) electrons. The fourth-order valence-corrected chi connectivity index (χ4v) is 3.42. The fraction of sp³-hybridized carbons (Fsp3) is 0.412. The third-order valence-corrected chi connectivity index (χ3v) is 4.79. The summed E-state index contributed by atoms with van der Waals surface area (Å²) in [6.45, 7) is 0. The van der Waals surface area contributed by atoms with E-state index in [1.165, 1.54) is 0 Å². The van der Waals surface area contributed by atoms with Gasteiger partial charge in [-0.1, -0.05) is 30.4 Å². The highest BCUT2D eigenvalue weighted by molar-refractivity contribution is 5.43. The summed E-state index contributed by atoms with van der Waals surface area (Å²) in [5.74, 6) is -2.19. The number of nitriles is 2. The monoisotopic (exact) mass is 412 g/mol. The quantitative estimate of drug-likeness (QED) is 0.426. The molecule has 150 valence electrons. The van der Waals surface area contributed by atoms with E-state index in [1.807, 2.05) is 0 Å². The van der Waals surface area contributed by atoms with Crippen LogP contribution in [0.15, 0.2) is 36.4 Å². The summed E-state index contributed by atoms with van der Waals surface area (Å²) < 4.78 is 121. The molecule has 1 aliphatic carbocycles. The first-order valence-electron chi connectivity index (χ1n) is 7.48. The topological polar surface area (TPSA) is 47.6 Å². The molecular formula is C17H9F9N2. The molecule has 28 heavy (non-hydrogen) atoms. The molecule has 1 aliphatic rings. The summed E-state index contributed by atoms with van der Waals surface area (Å²) in [6, 6.07) is 4.21. The molecule has 1 aromatic rings. The molecule has 1 aromatic carbocycles. The van der Waals surface area contributed by atoms with Gasteiger partial charge in [-0.05, 0) is 18.1 Å². The van der Waals surface area contributed by atoms with Crippen LogP contribution in [0, 0.1) is 33.5 Å². The van der Waals surface area contributed by atoms with Crippen molar-refractivity contribution in [1.29, 1.82) is 10.5 Å². The molecule has 0 heterocycles. The number of halogens is 9. The Kier molecular flexibility index (Phi) is 4.97. The Morgan fingerprint density at radius 3 is 1.86 bits per heavy atom. The van der Waals surface area contributed by atoms with Gasteiger partial charge in [0.15, 0.2) is 10.8 Å². The zero-order valence-corrected chi connectivity index (χ0v) is 13.5. The summed E-state index contributed by atoms with van der Waals surface area (Å²) in [5.41, 5.74) is -10.5. The first kappa shape index (κ1) is 21.6. The van der Waals surface area contributed by atoms with Gasteiger partial charge in [-0.15, -0.1) is 0 Å². The Labute approximate surface area is 152 Å². The Bertz CT molecular complexity index is 835. The minimum atomic E-state index is -6.07. The highest BCUT2D eigenvalue weighted by Gasteiger charge is 2.82. The summed E-state index contributed by atoms with van der Waals surface area (Å²) >= 11 is 0. The highest BCUT2D eigenvalue weighted by Crippen LogP contribution is 2.67. The Morgan fingerprint density at radius 2 is 1.43 bits per heavy atom. The Morgan fingerprint density at radius 1 is 0.893 bits per heavy atom. The smallest absolute Gasteiger partial charge is 0.196 e. The van der Waals surface area contributed by atoms with Gasteiger partial charge < -0.3 is 0 Å². The van der Waals surface area contributed by atoms with Gasteiger partial charge in [-0.25, -0.2) is 0 Å². The largest absolute Gasteiger partial charge is 0.416 e. The van der Waals surface area contributed by atoms with Crippen molar-refractivity contribution in [3.05, 3.63) is 47.5 Å². The first-order valence-corrected chi connectivity index (χ1v) is 7.48. The molecule has 0 aliphatic heterocycles. The zero-order chi connectivity index (χ0) is 21.6. The van der Waals surface area contributed by atoms with Gasteiger partial charge in [-0.2, -0.15) is 50.0 Å². The highest BCUT2D eigenvalue weighted by atomic mass is 19.4. The maximum Gasteiger partial charge on any atom is 0.416 e. The van der Waals surface area contributed by atoms with Gasteiger partial charge in [0.1, 0.15) is 0 Å². The van der Waals surface area contributed by atoms with Crippen LogP contribution in [0.2, 0.25) is 0 Å². The average molecular weight is 412 g/mol. The predicted molar refractivity (Wildman–Crippen MR) is 76.1 cm³/mol. The first-order chi connectivity index (χ1) is 12.7. The van der Waals surface area contributed by atoms with Crippen molar-refractivity contribution in [2.24, 2.45) is 10.8 Å². The summed E-state index contributed by atoms with van der Waals surface area (Å²) in [5, 5.41) is 18.7. The second-order valence-electron chi connectivity index (χ2n) is 6.17. The number of allylic oxidation sites excluding steroid dienone is 2. The predicted octanol–water partition coefficient (Wildman–Crippen LogP) is 5.89. The minimum absolute atomic E-state index is 0.335. The van der Waals surface area contributed by atoms with Crippen LogP contribution in [0.5, 0.6) is 0 Å². The van der Waals surface area contributed by atoms with E-state index in [4.69, 9.17) is 0 Å². The third-order valence-electron chi connectivity index (χ3n) is 4.79. The minimum Gasteiger partial charge on any atom is -0.196 e. The van der Waals surface area contributed by atoms with Crippen LogP contribution in [0.3, 0.4) is 0 Å². The molecule has 0 fully saturated rings. The van der Waals surface area contributed by atoms with E-state index in [-0.39, 0.29) is 0 Å². The van der Waals surface area contributed by atoms with Crippen molar-refractivity contribution in [2.75, 3.05) is 0 Å². The standard InChI is InChI=1S/C17H9F9N2/c18-15(19,20)11-4-1-3-10(7-11)12-5-2-6-14(16(21,22)23,17(24,25)26)13(12,8-27)9-28/h1-5,7,12H,6H2. The van der Waals surface area contributed by atoms with Gasteiger partial charge >= 0.3 is 18.5 Å². The third kappa shape index (κ3) is 2.89. The van der Waals surface area contributed by atoms with Gasteiger partial charge in [0.25, 0.3) is 0 Å². The molecule has 0 saturated carbocycles. The zero-order valence-electron chi connectivity index (χ0n) is 13.5. The van der Waals surface area contributed by atoms with E-state index in [2.05, 4.69) is 0 Å². The summed E-state index contributed by atoms with van der Waals surface area (Å²) in [6.07, 6.45) is -17.6. The number of hydrogen-bond donors (Lipinski definition) is 0. The van der Waals surface area contributed by atoms with Crippen LogP contribution < -0.4 is 0 Å². The number of rotatable bonds is 1. The number of alkyl halides is 9. The molecule has 2 rings (SSSR count). The SMILES string of the molecule is N#CC1(C#N)C(c2cccc(C(F)(F)F)c2)C=CCC1(C(F)(F)F)C(F)(F)F. The van der Waals surface area contributed by atoms with E-state index in [9.17, 15) is 50.0 Å². The van der Waals surface area contributed by atoms with Crippen LogP contribution in [-0.2, 0) is 6.18 Å². The molecule has 0 amide bonds.